The van der Waals surface area contributed by atoms with Gasteiger partial charge in [-0.15, -0.1) is 0 Å². The van der Waals surface area contributed by atoms with Gasteiger partial charge in [-0.1, -0.05) is 0 Å². The van der Waals surface area contributed by atoms with Gasteiger partial charge in [0.15, 0.2) is 5.75 Å². The van der Waals surface area contributed by atoms with Gasteiger partial charge in [0.05, 0.1) is 19.9 Å². The van der Waals surface area contributed by atoms with Crippen LogP contribution in [0, 0.1) is 0 Å². The average molecular weight is 361 g/mol. The highest BCUT2D eigenvalue weighted by atomic mass is 16.5. The fourth-order valence-corrected chi connectivity index (χ4v) is 4.53. The van der Waals surface area contributed by atoms with E-state index >= 15 is 0 Å². The molecule has 1 amide bonds. The lowest BCUT2D eigenvalue weighted by molar-refractivity contribution is -0.0537. The maximum absolute atomic E-state index is 13.1. The molecular formula is C18H23N3O5. The number of aryl methyl sites for hydroxylation is 1. The lowest BCUT2D eigenvalue weighted by Crippen LogP contribution is -2.52. The first-order valence-corrected chi connectivity index (χ1v) is 8.71. The Bertz CT molecular complexity index is 813. The number of carbonyl (C=O) groups is 1. The van der Waals surface area contributed by atoms with Gasteiger partial charge in [-0.25, -0.2) is 0 Å². The van der Waals surface area contributed by atoms with Crippen molar-refractivity contribution in [3.8, 4) is 11.5 Å². The summed E-state index contributed by atoms with van der Waals surface area (Å²) in [5, 5.41) is 15.4. The van der Waals surface area contributed by atoms with Crippen molar-refractivity contribution < 1.29 is 23.8 Å². The maximum Gasteiger partial charge on any atom is 0.294 e. The van der Waals surface area contributed by atoms with E-state index in [2.05, 4.69) is 5.10 Å². The molecular weight excluding hydrogens is 338 g/mol. The number of carbonyl (C=O) groups excluding carboxylic acids is 1. The molecule has 4 rings (SSSR count). The SMILES string of the molecule is COc1coc(C(=O)N2[C@@H]3CC[C@@H]2CC(O)(c2ccnn2C)C3)c1OC. The van der Waals surface area contributed by atoms with Crippen LogP contribution in [-0.2, 0) is 12.6 Å². The fourth-order valence-electron chi connectivity index (χ4n) is 4.53. The van der Waals surface area contributed by atoms with Gasteiger partial charge in [-0.2, -0.15) is 5.10 Å². The van der Waals surface area contributed by atoms with Crippen molar-refractivity contribution in [2.75, 3.05) is 14.2 Å². The number of fused-ring (bicyclic) bond motifs is 2. The second-order valence-electron chi connectivity index (χ2n) is 7.04. The highest BCUT2D eigenvalue weighted by molar-refractivity contribution is 5.95. The van der Waals surface area contributed by atoms with E-state index in [1.807, 2.05) is 18.0 Å². The summed E-state index contributed by atoms with van der Waals surface area (Å²) in [7, 11) is 4.81. The van der Waals surface area contributed by atoms with Gasteiger partial charge in [-0.05, 0) is 18.9 Å². The maximum atomic E-state index is 13.1. The van der Waals surface area contributed by atoms with Crippen LogP contribution in [0.25, 0.3) is 0 Å². The normalized spacial score (nSPS) is 27.6. The lowest BCUT2D eigenvalue weighted by atomic mass is 9.83. The van der Waals surface area contributed by atoms with Crippen molar-refractivity contribution in [1.82, 2.24) is 14.7 Å². The van der Waals surface area contributed by atoms with Crippen LogP contribution in [0.3, 0.4) is 0 Å². The molecule has 0 saturated carbocycles. The first-order valence-electron chi connectivity index (χ1n) is 8.71. The van der Waals surface area contributed by atoms with Crippen molar-refractivity contribution in [1.29, 1.82) is 0 Å². The van der Waals surface area contributed by atoms with Crippen LogP contribution in [0.4, 0.5) is 0 Å². The van der Waals surface area contributed by atoms with Crippen molar-refractivity contribution in [3.05, 3.63) is 30.0 Å². The van der Waals surface area contributed by atoms with Crippen molar-refractivity contribution in [2.24, 2.45) is 7.05 Å². The zero-order valence-corrected chi connectivity index (χ0v) is 15.1. The van der Waals surface area contributed by atoms with Gasteiger partial charge in [0.2, 0.25) is 11.5 Å². The number of hydrogen-bond donors (Lipinski definition) is 1. The summed E-state index contributed by atoms with van der Waals surface area (Å²) in [6, 6.07) is 1.74. The molecule has 0 spiro atoms. The minimum absolute atomic E-state index is 0.0537. The van der Waals surface area contributed by atoms with Crippen molar-refractivity contribution in [3.63, 3.8) is 0 Å². The summed E-state index contributed by atoms with van der Waals surface area (Å²) < 4.78 is 17.6. The van der Waals surface area contributed by atoms with E-state index in [1.165, 1.54) is 20.5 Å². The van der Waals surface area contributed by atoms with Crippen LogP contribution >= 0.6 is 0 Å². The molecule has 8 nitrogen and oxygen atoms in total. The summed E-state index contributed by atoms with van der Waals surface area (Å²) >= 11 is 0. The molecule has 0 aliphatic carbocycles. The second kappa shape index (κ2) is 6.05. The fraction of sp³-hybridized carbons (Fsp3) is 0.556. The van der Waals surface area contributed by atoms with Crippen LogP contribution < -0.4 is 9.47 Å². The Morgan fingerprint density at radius 2 is 2.00 bits per heavy atom. The van der Waals surface area contributed by atoms with E-state index in [1.54, 1.807) is 10.9 Å². The first-order chi connectivity index (χ1) is 12.5. The summed E-state index contributed by atoms with van der Waals surface area (Å²) in [4.78, 5) is 15.0. The number of methoxy groups -OCH3 is 2. The number of aliphatic hydroxyl groups is 1. The monoisotopic (exact) mass is 361 g/mol. The predicted molar refractivity (Wildman–Crippen MR) is 91.1 cm³/mol. The van der Waals surface area contributed by atoms with Gasteiger partial charge in [-0.3, -0.25) is 9.48 Å². The molecule has 1 N–H and O–H groups in total. The molecule has 2 aliphatic rings. The minimum Gasteiger partial charge on any atom is -0.490 e. The highest BCUT2D eigenvalue weighted by Gasteiger charge is 2.52. The summed E-state index contributed by atoms with van der Waals surface area (Å²) in [6.07, 6.45) is 5.74. The molecule has 26 heavy (non-hydrogen) atoms. The van der Waals surface area contributed by atoms with Crippen LogP contribution in [0.15, 0.2) is 22.9 Å². The number of nitrogens with zero attached hydrogens (tertiary/aromatic N) is 3. The molecule has 2 fully saturated rings. The van der Waals surface area contributed by atoms with Crippen LogP contribution in [-0.4, -0.2) is 52.0 Å². The average Bonchev–Trinajstić information content (AvgIpc) is 3.30. The lowest BCUT2D eigenvalue weighted by Gasteiger charge is -2.43. The Balaban J connectivity index is 1.62. The van der Waals surface area contributed by atoms with Gasteiger partial charge in [0.25, 0.3) is 5.91 Å². The number of furan rings is 1. The van der Waals surface area contributed by atoms with E-state index < -0.39 is 5.60 Å². The third-order valence-corrected chi connectivity index (χ3v) is 5.63. The number of ether oxygens (including phenoxy) is 2. The summed E-state index contributed by atoms with van der Waals surface area (Å²) in [6.45, 7) is 0. The largest absolute Gasteiger partial charge is 0.490 e. The molecule has 0 unspecified atom stereocenters. The van der Waals surface area contributed by atoms with E-state index in [0.29, 0.717) is 24.3 Å². The first kappa shape index (κ1) is 17.0. The molecule has 2 aliphatic heterocycles. The van der Waals surface area contributed by atoms with Crippen molar-refractivity contribution in [2.45, 2.75) is 43.4 Å². The van der Waals surface area contributed by atoms with Gasteiger partial charge in [0, 0.05) is 38.2 Å². The Morgan fingerprint density at radius 3 is 2.54 bits per heavy atom. The number of amides is 1. The Hall–Kier alpha value is -2.48. The highest BCUT2D eigenvalue weighted by Crippen LogP contribution is 2.47. The standard InChI is InChI=1S/C18H23N3O5/c1-20-14(6-7-19-20)18(23)8-11-4-5-12(9-18)21(11)17(22)16-15(25-3)13(24-2)10-26-16/h6-7,10-12,23H,4-5,8-9H2,1-3H3/t11-,12-/m1/s1. The molecule has 140 valence electrons. The summed E-state index contributed by atoms with van der Waals surface area (Å²) in [5.41, 5.74) is -0.183. The van der Waals surface area contributed by atoms with Crippen LogP contribution in [0.1, 0.15) is 41.9 Å². The summed E-state index contributed by atoms with van der Waals surface area (Å²) in [5.74, 6) is 0.632. The second-order valence-corrected chi connectivity index (χ2v) is 7.04. The van der Waals surface area contributed by atoms with Gasteiger partial charge < -0.3 is 23.9 Å². The van der Waals surface area contributed by atoms with Crippen LogP contribution in [0.5, 0.6) is 11.5 Å². The van der Waals surface area contributed by atoms with Gasteiger partial charge in [0.1, 0.15) is 11.9 Å². The molecule has 2 aromatic heterocycles. The predicted octanol–water partition coefficient (Wildman–Crippen LogP) is 1.69. The Kier molecular flexibility index (Phi) is 3.95. The number of aromatic nitrogens is 2. The zero-order valence-electron chi connectivity index (χ0n) is 15.1. The smallest absolute Gasteiger partial charge is 0.294 e. The molecule has 0 aromatic carbocycles. The third kappa shape index (κ3) is 2.39. The number of piperidine rings is 1. The van der Waals surface area contributed by atoms with E-state index in [4.69, 9.17) is 13.9 Å². The number of rotatable bonds is 4. The minimum atomic E-state index is -0.973. The third-order valence-electron chi connectivity index (χ3n) is 5.63. The van der Waals surface area contributed by atoms with E-state index in [9.17, 15) is 9.90 Å². The Morgan fingerprint density at radius 1 is 1.31 bits per heavy atom. The molecule has 2 atom stereocenters. The molecule has 2 saturated heterocycles. The van der Waals surface area contributed by atoms with Crippen molar-refractivity contribution >= 4 is 5.91 Å². The van der Waals surface area contributed by atoms with Gasteiger partial charge >= 0.3 is 0 Å². The molecule has 8 heteroatoms. The van der Waals surface area contributed by atoms with Crippen LogP contribution in [0.2, 0.25) is 0 Å². The van der Waals surface area contributed by atoms with E-state index in [-0.39, 0.29) is 23.8 Å². The number of hydrogen-bond acceptors (Lipinski definition) is 6. The molecule has 0 radical (unpaired) electrons. The zero-order chi connectivity index (χ0) is 18.5. The topological polar surface area (TPSA) is 90.0 Å². The quantitative estimate of drug-likeness (QED) is 0.891. The molecule has 4 heterocycles. The molecule has 2 bridgehead atoms. The molecule has 2 aromatic rings. The Labute approximate surface area is 151 Å². The van der Waals surface area contributed by atoms with E-state index in [0.717, 1.165) is 18.5 Å².